The van der Waals surface area contributed by atoms with Crippen LogP contribution < -0.4 is 0 Å². The van der Waals surface area contributed by atoms with Gasteiger partial charge in [0.1, 0.15) is 0 Å². The van der Waals surface area contributed by atoms with Crippen molar-refractivity contribution in [2.45, 2.75) is 19.3 Å². The van der Waals surface area contributed by atoms with Crippen molar-refractivity contribution in [3.63, 3.8) is 0 Å². The molecule has 1 aliphatic carbocycles. The minimum absolute atomic E-state index is 0.0505. The van der Waals surface area contributed by atoms with Gasteiger partial charge in [0.05, 0.1) is 12.5 Å². The molecule has 2 nitrogen and oxygen atoms in total. The summed E-state index contributed by atoms with van der Waals surface area (Å²) in [6.45, 7) is 2.32. The van der Waals surface area contributed by atoms with Crippen LogP contribution in [0.4, 0.5) is 0 Å². The van der Waals surface area contributed by atoms with Gasteiger partial charge < -0.3 is 4.74 Å². The Balaban J connectivity index is 1.98. The monoisotopic (exact) mass is 268 g/mol. The van der Waals surface area contributed by atoms with Crippen molar-refractivity contribution in [1.82, 2.24) is 0 Å². The van der Waals surface area contributed by atoms with Crippen molar-refractivity contribution in [2.75, 3.05) is 6.61 Å². The summed E-state index contributed by atoms with van der Waals surface area (Å²) >= 11 is 3.39. The zero-order chi connectivity index (χ0) is 10.8. The molecular weight excluding hydrogens is 256 g/mol. The average Bonchev–Trinajstić information content (AvgIpc) is 2.99. The van der Waals surface area contributed by atoms with E-state index in [1.807, 2.05) is 19.1 Å². The van der Waals surface area contributed by atoms with E-state index in [1.165, 1.54) is 5.56 Å². The Labute approximate surface area is 97.8 Å². The molecule has 0 unspecified atom stereocenters. The van der Waals surface area contributed by atoms with E-state index in [0.29, 0.717) is 12.5 Å². The van der Waals surface area contributed by atoms with Crippen molar-refractivity contribution in [2.24, 2.45) is 5.92 Å². The van der Waals surface area contributed by atoms with E-state index >= 15 is 0 Å². The number of benzene rings is 1. The second-order valence-corrected chi connectivity index (χ2v) is 4.67. The predicted octanol–water partition coefficient (Wildman–Crippen LogP) is 3.12. The first-order valence-electron chi connectivity index (χ1n) is 5.14. The van der Waals surface area contributed by atoms with Crippen molar-refractivity contribution in [1.29, 1.82) is 0 Å². The van der Waals surface area contributed by atoms with E-state index in [-0.39, 0.29) is 11.9 Å². The summed E-state index contributed by atoms with van der Waals surface area (Å²) in [6.07, 6.45) is 0.931. The maximum Gasteiger partial charge on any atom is 0.309 e. The van der Waals surface area contributed by atoms with E-state index in [1.54, 1.807) is 0 Å². The third kappa shape index (κ3) is 2.40. The summed E-state index contributed by atoms with van der Waals surface area (Å²) in [5, 5.41) is 0. The molecule has 1 aliphatic rings. The highest BCUT2D eigenvalue weighted by atomic mass is 79.9. The van der Waals surface area contributed by atoms with Crippen LogP contribution in [0.5, 0.6) is 0 Å². The molecule has 2 rings (SSSR count). The standard InChI is InChI=1S/C12H13BrO2/c1-2-15-12(14)11-7-10(11)8-3-5-9(13)6-4-8/h3-6,10-11H,2,7H2,1H3/t10-,11-/m1/s1. The molecular formula is C12H13BrO2. The number of esters is 1. The van der Waals surface area contributed by atoms with Crippen LogP contribution in [-0.4, -0.2) is 12.6 Å². The van der Waals surface area contributed by atoms with Crippen LogP contribution in [-0.2, 0) is 9.53 Å². The molecule has 0 N–H and O–H groups in total. The SMILES string of the molecule is CCOC(=O)[C@@H]1C[C@@H]1c1ccc(Br)cc1. The van der Waals surface area contributed by atoms with Gasteiger partial charge in [-0.15, -0.1) is 0 Å². The van der Waals surface area contributed by atoms with Crippen LogP contribution in [0.1, 0.15) is 24.8 Å². The van der Waals surface area contributed by atoms with E-state index in [2.05, 4.69) is 28.1 Å². The lowest BCUT2D eigenvalue weighted by atomic mass is 10.1. The van der Waals surface area contributed by atoms with Gasteiger partial charge >= 0.3 is 5.97 Å². The van der Waals surface area contributed by atoms with Crippen molar-refractivity contribution >= 4 is 21.9 Å². The topological polar surface area (TPSA) is 26.3 Å². The predicted molar refractivity (Wildman–Crippen MR) is 61.6 cm³/mol. The highest BCUT2D eigenvalue weighted by molar-refractivity contribution is 9.10. The van der Waals surface area contributed by atoms with Crippen LogP contribution >= 0.6 is 15.9 Å². The summed E-state index contributed by atoms with van der Waals surface area (Å²) in [4.78, 5) is 11.4. The minimum atomic E-state index is -0.0505. The molecule has 0 saturated heterocycles. The zero-order valence-electron chi connectivity index (χ0n) is 8.57. The largest absolute Gasteiger partial charge is 0.466 e. The smallest absolute Gasteiger partial charge is 0.309 e. The van der Waals surface area contributed by atoms with Gasteiger partial charge in [-0.05, 0) is 37.0 Å². The second kappa shape index (κ2) is 4.35. The highest BCUT2D eigenvalue weighted by Crippen LogP contribution is 2.48. The van der Waals surface area contributed by atoms with Crippen LogP contribution in [0.15, 0.2) is 28.7 Å². The van der Waals surface area contributed by atoms with Gasteiger partial charge in [-0.2, -0.15) is 0 Å². The number of carbonyl (C=O) groups is 1. The Morgan fingerprint density at radius 3 is 2.73 bits per heavy atom. The minimum Gasteiger partial charge on any atom is -0.466 e. The van der Waals surface area contributed by atoms with Crippen LogP contribution in [0.25, 0.3) is 0 Å². The first-order valence-corrected chi connectivity index (χ1v) is 5.93. The Kier molecular flexibility index (Phi) is 3.10. The fourth-order valence-electron chi connectivity index (χ4n) is 1.78. The van der Waals surface area contributed by atoms with E-state index < -0.39 is 0 Å². The quantitative estimate of drug-likeness (QED) is 0.788. The zero-order valence-corrected chi connectivity index (χ0v) is 10.2. The molecule has 1 aromatic rings. The van der Waals surface area contributed by atoms with Crippen molar-refractivity contribution in [3.8, 4) is 0 Å². The maximum absolute atomic E-state index is 11.4. The summed E-state index contributed by atoms with van der Waals surface area (Å²) in [6, 6.07) is 8.15. The normalized spacial score (nSPS) is 23.6. The molecule has 1 fully saturated rings. The molecule has 0 bridgehead atoms. The average molecular weight is 269 g/mol. The van der Waals surface area contributed by atoms with Gasteiger partial charge in [0, 0.05) is 4.47 Å². The molecule has 0 aromatic heterocycles. The number of halogens is 1. The van der Waals surface area contributed by atoms with Gasteiger partial charge in [-0.1, -0.05) is 28.1 Å². The molecule has 0 radical (unpaired) electrons. The summed E-state index contributed by atoms with van der Waals surface area (Å²) < 4.78 is 6.06. The summed E-state index contributed by atoms with van der Waals surface area (Å²) in [5.41, 5.74) is 1.23. The van der Waals surface area contributed by atoms with Gasteiger partial charge in [0.15, 0.2) is 0 Å². The Morgan fingerprint density at radius 1 is 1.47 bits per heavy atom. The van der Waals surface area contributed by atoms with E-state index in [9.17, 15) is 4.79 Å². The molecule has 0 spiro atoms. The molecule has 1 aromatic carbocycles. The number of rotatable bonds is 3. The van der Waals surface area contributed by atoms with Crippen molar-refractivity contribution < 1.29 is 9.53 Å². The number of hydrogen-bond acceptors (Lipinski definition) is 2. The second-order valence-electron chi connectivity index (χ2n) is 3.75. The van der Waals surface area contributed by atoms with Crippen LogP contribution in [0.2, 0.25) is 0 Å². The lowest BCUT2D eigenvalue weighted by molar-refractivity contribution is -0.144. The van der Waals surface area contributed by atoms with Crippen LogP contribution in [0.3, 0.4) is 0 Å². The molecule has 1 saturated carbocycles. The molecule has 0 amide bonds. The van der Waals surface area contributed by atoms with Gasteiger partial charge in [0.2, 0.25) is 0 Å². The van der Waals surface area contributed by atoms with E-state index in [4.69, 9.17) is 4.74 Å². The molecule has 80 valence electrons. The van der Waals surface area contributed by atoms with Crippen molar-refractivity contribution in [3.05, 3.63) is 34.3 Å². The number of ether oxygens (including phenoxy) is 1. The van der Waals surface area contributed by atoms with Crippen LogP contribution in [0, 0.1) is 5.92 Å². The Bertz CT molecular complexity index is 358. The van der Waals surface area contributed by atoms with Gasteiger partial charge in [0.25, 0.3) is 0 Å². The first-order chi connectivity index (χ1) is 7.22. The van der Waals surface area contributed by atoms with Gasteiger partial charge in [-0.25, -0.2) is 0 Å². The molecule has 15 heavy (non-hydrogen) atoms. The number of carbonyl (C=O) groups excluding carboxylic acids is 1. The van der Waals surface area contributed by atoms with E-state index in [0.717, 1.165) is 10.9 Å². The van der Waals surface area contributed by atoms with Gasteiger partial charge in [-0.3, -0.25) is 4.79 Å². The highest BCUT2D eigenvalue weighted by Gasteiger charge is 2.44. The number of hydrogen-bond donors (Lipinski definition) is 0. The third-order valence-corrected chi connectivity index (χ3v) is 3.21. The summed E-state index contributed by atoms with van der Waals surface area (Å²) in [7, 11) is 0. The summed E-state index contributed by atoms with van der Waals surface area (Å²) in [5.74, 6) is 0.411. The fraction of sp³-hybridized carbons (Fsp3) is 0.417. The fourth-order valence-corrected chi connectivity index (χ4v) is 2.05. The third-order valence-electron chi connectivity index (χ3n) is 2.68. The Morgan fingerprint density at radius 2 is 2.13 bits per heavy atom. The maximum atomic E-state index is 11.4. The first kappa shape index (κ1) is 10.7. The lowest BCUT2D eigenvalue weighted by Gasteiger charge is -2.01. The molecule has 0 aliphatic heterocycles. The molecule has 3 heteroatoms. The molecule has 0 heterocycles. The molecule has 2 atom stereocenters. The Hall–Kier alpha value is -0.830. The lowest BCUT2D eigenvalue weighted by Crippen LogP contribution is -2.07.